The van der Waals surface area contributed by atoms with Crippen molar-refractivity contribution in [3.8, 4) is 0 Å². The van der Waals surface area contributed by atoms with Crippen LogP contribution in [0.3, 0.4) is 0 Å². The average molecular weight is 270 g/mol. The van der Waals surface area contributed by atoms with Gasteiger partial charge in [0.1, 0.15) is 4.90 Å². The minimum atomic E-state index is -0.436. The number of hydrogen-bond donors (Lipinski definition) is 1. The summed E-state index contributed by atoms with van der Waals surface area (Å²) < 4.78 is 7.51. The third kappa shape index (κ3) is 4.34. The van der Waals surface area contributed by atoms with Crippen LogP contribution in [0, 0.1) is 10.1 Å². The first kappa shape index (κ1) is 14.5. The zero-order valence-electron chi connectivity index (χ0n) is 10.1. The SMILES string of the molecule is COC(=O)C[C@@H](C)NSc1ccccc1[N+](=O)[O-]. The van der Waals surface area contributed by atoms with Crippen LogP contribution in [0.25, 0.3) is 0 Å². The summed E-state index contributed by atoms with van der Waals surface area (Å²) in [7, 11) is 1.32. The van der Waals surface area contributed by atoms with Gasteiger partial charge in [0.15, 0.2) is 0 Å². The summed E-state index contributed by atoms with van der Waals surface area (Å²) in [5.41, 5.74) is 0.0419. The van der Waals surface area contributed by atoms with E-state index in [1.807, 2.05) is 0 Å². The maximum Gasteiger partial charge on any atom is 0.307 e. The molecule has 0 saturated heterocycles. The molecule has 0 saturated carbocycles. The second-order valence-electron chi connectivity index (χ2n) is 3.63. The van der Waals surface area contributed by atoms with Gasteiger partial charge >= 0.3 is 5.97 Å². The summed E-state index contributed by atoms with van der Waals surface area (Å²) >= 11 is 1.14. The molecule has 0 aliphatic heterocycles. The van der Waals surface area contributed by atoms with E-state index in [4.69, 9.17) is 0 Å². The number of nitrogens with zero attached hydrogens (tertiary/aromatic N) is 1. The molecule has 0 aliphatic rings. The molecule has 6 nitrogen and oxygen atoms in total. The molecule has 1 aromatic rings. The maximum absolute atomic E-state index is 11.0. The summed E-state index contributed by atoms with van der Waals surface area (Å²) in [6.45, 7) is 1.80. The van der Waals surface area contributed by atoms with E-state index in [-0.39, 0.29) is 24.1 Å². The van der Waals surface area contributed by atoms with Crippen molar-refractivity contribution in [2.24, 2.45) is 0 Å². The van der Waals surface area contributed by atoms with Crippen LogP contribution in [0.4, 0.5) is 5.69 Å². The first-order chi connectivity index (χ1) is 8.54. The predicted molar refractivity (Wildman–Crippen MR) is 68.2 cm³/mol. The van der Waals surface area contributed by atoms with Crippen molar-refractivity contribution in [3.63, 3.8) is 0 Å². The highest BCUT2D eigenvalue weighted by Gasteiger charge is 2.15. The van der Waals surface area contributed by atoms with Gasteiger partial charge in [-0.05, 0) is 24.9 Å². The van der Waals surface area contributed by atoms with Gasteiger partial charge in [0, 0.05) is 12.1 Å². The van der Waals surface area contributed by atoms with E-state index in [1.165, 1.54) is 13.2 Å². The van der Waals surface area contributed by atoms with Gasteiger partial charge in [-0.2, -0.15) is 0 Å². The van der Waals surface area contributed by atoms with E-state index < -0.39 is 4.92 Å². The number of hydrogen-bond acceptors (Lipinski definition) is 6. The lowest BCUT2D eigenvalue weighted by Gasteiger charge is -2.11. The Kier molecular flexibility index (Phi) is 5.60. The molecule has 0 bridgehead atoms. The summed E-state index contributed by atoms with van der Waals surface area (Å²) in [6.07, 6.45) is 0.212. The van der Waals surface area contributed by atoms with E-state index >= 15 is 0 Å². The highest BCUT2D eigenvalue weighted by atomic mass is 32.2. The second-order valence-corrected chi connectivity index (χ2v) is 4.51. The lowest BCUT2D eigenvalue weighted by molar-refractivity contribution is -0.387. The molecule has 0 fully saturated rings. The van der Waals surface area contributed by atoms with Crippen molar-refractivity contribution >= 4 is 23.6 Å². The predicted octanol–water partition coefficient (Wildman–Crippen LogP) is 2.14. The molecular weight excluding hydrogens is 256 g/mol. The summed E-state index contributed by atoms with van der Waals surface area (Å²) in [5.74, 6) is -0.321. The third-order valence-corrected chi connectivity index (χ3v) is 3.22. The number of benzene rings is 1. The van der Waals surface area contributed by atoms with Crippen LogP contribution in [-0.4, -0.2) is 24.0 Å². The number of esters is 1. The number of rotatable bonds is 6. The van der Waals surface area contributed by atoms with Gasteiger partial charge in [0.2, 0.25) is 0 Å². The van der Waals surface area contributed by atoms with Crippen molar-refractivity contribution in [1.82, 2.24) is 4.72 Å². The highest BCUT2D eigenvalue weighted by Crippen LogP contribution is 2.26. The number of methoxy groups -OCH3 is 1. The molecule has 0 spiro atoms. The van der Waals surface area contributed by atoms with Crippen LogP contribution in [-0.2, 0) is 9.53 Å². The topological polar surface area (TPSA) is 81.5 Å². The molecule has 0 heterocycles. The van der Waals surface area contributed by atoms with Crippen molar-refractivity contribution in [1.29, 1.82) is 0 Å². The Balaban J connectivity index is 2.58. The Morgan fingerprint density at radius 2 is 2.22 bits per heavy atom. The number of nitrogens with one attached hydrogen (secondary N) is 1. The molecule has 7 heteroatoms. The number of para-hydroxylation sites is 1. The van der Waals surface area contributed by atoms with E-state index in [0.717, 1.165) is 11.9 Å². The van der Waals surface area contributed by atoms with Gasteiger partial charge in [0.05, 0.1) is 18.5 Å². The van der Waals surface area contributed by atoms with Gasteiger partial charge in [-0.3, -0.25) is 19.6 Å². The van der Waals surface area contributed by atoms with E-state index in [2.05, 4.69) is 9.46 Å². The van der Waals surface area contributed by atoms with Crippen molar-refractivity contribution in [2.45, 2.75) is 24.3 Å². The van der Waals surface area contributed by atoms with E-state index in [1.54, 1.807) is 25.1 Å². The lowest BCUT2D eigenvalue weighted by Crippen LogP contribution is -2.23. The quantitative estimate of drug-likeness (QED) is 0.369. The van der Waals surface area contributed by atoms with Crippen LogP contribution < -0.4 is 4.72 Å². The molecular formula is C11H14N2O4S. The Labute approximate surface area is 109 Å². The zero-order valence-corrected chi connectivity index (χ0v) is 10.9. The smallest absolute Gasteiger partial charge is 0.307 e. The summed E-state index contributed by atoms with van der Waals surface area (Å²) in [6, 6.07) is 6.29. The van der Waals surface area contributed by atoms with Crippen molar-refractivity contribution in [2.75, 3.05) is 7.11 Å². The monoisotopic (exact) mass is 270 g/mol. The number of carbonyl (C=O) groups excluding carboxylic acids is 1. The Morgan fingerprint density at radius 1 is 1.56 bits per heavy atom. The van der Waals surface area contributed by atoms with E-state index in [9.17, 15) is 14.9 Å². The molecule has 0 unspecified atom stereocenters. The number of nitro benzene ring substituents is 1. The fourth-order valence-electron chi connectivity index (χ4n) is 1.23. The van der Waals surface area contributed by atoms with Crippen LogP contribution in [0.5, 0.6) is 0 Å². The molecule has 0 aliphatic carbocycles. The molecule has 1 rings (SSSR count). The zero-order chi connectivity index (χ0) is 13.5. The minimum absolute atomic E-state index is 0.0419. The van der Waals surface area contributed by atoms with Gasteiger partial charge < -0.3 is 4.74 Å². The maximum atomic E-state index is 11.0. The van der Waals surface area contributed by atoms with Crippen molar-refractivity contribution in [3.05, 3.63) is 34.4 Å². The normalized spacial score (nSPS) is 11.9. The van der Waals surface area contributed by atoms with E-state index in [0.29, 0.717) is 4.90 Å². The Hall–Kier alpha value is -1.60. The molecule has 98 valence electrons. The van der Waals surface area contributed by atoms with Gasteiger partial charge in [-0.1, -0.05) is 12.1 Å². The largest absolute Gasteiger partial charge is 0.469 e. The van der Waals surface area contributed by atoms with Gasteiger partial charge in [-0.15, -0.1) is 0 Å². The number of carbonyl (C=O) groups is 1. The lowest BCUT2D eigenvalue weighted by atomic mass is 10.3. The van der Waals surface area contributed by atoms with Crippen LogP contribution in [0.15, 0.2) is 29.2 Å². The third-order valence-electron chi connectivity index (χ3n) is 2.13. The summed E-state index contributed by atoms with van der Waals surface area (Å²) in [4.78, 5) is 21.9. The minimum Gasteiger partial charge on any atom is -0.469 e. The first-order valence-corrected chi connectivity index (χ1v) is 6.09. The second kappa shape index (κ2) is 6.97. The van der Waals surface area contributed by atoms with Crippen LogP contribution >= 0.6 is 11.9 Å². The molecule has 0 amide bonds. The summed E-state index contributed by atoms with van der Waals surface area (Å²) in [5, 5.41) is 10.8. The molecule has 1 aromatic carbocycles. The Morgan fingerprint density at radius 3 is 2.83 bits per heavy atom. The fraction of sp³-hybridized carbons (Fsp3) is 0.364. The van der Waals surface area contributed by atoms with Crippen LogP contribution in [0.1, 0.15) is 13.3 Å². The van der Waals surface area contributed by atoms with Gasteiger partial charge in [0.25, 0.3) is 5.69 Å². The van der Waals surface area contributed by atoms with Gasteiger partial charge in [-0.25, -0.2) is 0 Å². The number of nitro groups is 1. The number of ether oxygens (including phenoxy) is 1. The first-order valence-electron chi connectivity index (χ1n) is 5.27. The Bertz CT molecular complexity index is 439. The average Bonchev–Trinajstić information content (AvgIpc) is 2.36. The molecule has 0 radical (unpaired) electrons. The molecule has 1 atom stereocenters. The fourth-order valence-corrected chi connectivity index (χ4v) is 2.04. The van der Waals surface area contributed by atoms with Crippen molar-refractivity contribution < 1.29 is 14.5 Å². The standard InChI is InChI=1S/C11H14N2O4S/c1-8(7-11(14)17-2)12-18-10-6-4-3-5-9(10)13(15)16/h3-6,8,12H,7H2,1-2H3/t8-/m1/s1. The highest BCUT2D eigenvalue weighted by molar-refractivity contribution is 7.97. The molecule has 1 N–H and O–H groups in total. The molecule has 0 aromatic heterocycles. The van der Waals surface area contributed by atoms with Crippen LogP contribution in [0.2, 0.25) is 0 Å². The molecule has 18 heavy (non-hydrogen) atoms.